The average molecular weight is 588 g/mol. The average Bonchev–Trinajstić information content (AvgIpc) is 3.26. The van der Waals surface area contributed by atoms with E-state index in [-0.39, 0.29) is 18.2 Å². The smallest absolute Gasteiger partial charge is 0.256 e. The number of methoxy groups -OCH3 is 2. The number of para-hydroxylation sites is 1. The van der Waals surface area contributed by atoms with Gasteiger partial charge in [0.25, 0.3) is 5.91 Å². The Kier molecular flexibility index (Phi) is 9.55. The molecule has 0 saturated carbocycles. The molecule has 2 aliphatic rings. The zero-order valence-electron chi connectivity index (χ0n) is 24.1. The van der Waals surface area contributed by atoms with Crippen LogP contribution in [0.4, 0.5) is 17.1 Å². The molecule has 1 N–H and O–H groups in total. The monoisotopic (exact) mass is 587 g/mol. The third-order valence-electron chi connectivity index (χ3n) is 7.75. The Bertz CT molecular complexity index is 1380. The standard InChI is InChI=1S/C32H37N5O4S/c1-40-27-14-12-24(13-15-27)33-30(38)23-29-31(39)37(26-10-6-11-28(22-26)41-2)32(42)36(29)17-7-16-34-18-20-35(21-19-34)25-8-4-3-5-9-25/h3-6,8-15,22,29H,7,16-21,23H2,1-2H3,(H,33,38)/t29-/m0/s1. The normalized spacial score (nSPS) is 17.5. The van der Waals surface area contributed by atoms with Crippen molar-refractivity contribution in [3.63, 3.8) is 0 Å². The zero-order chi connectivity index (χ0) is 29.5. The molecule has 0 radical (unpaired) electrons. The Morgan fingerprint density at radius 2 is 1.55 bits per heavy atom. The molecular formula is C32H37N5O4S. The number of thiocarbonyl (C=S) groups is 1. The van der Waals surface area contributed by atoms with Gasteiger partial charge in [0, 0.05) is 50.2 Å². The van der Waals surface area contributed by atoms with Gasteiger partial charge in [-0.1, -0.05) is 24.3 Å². The number of rotatable bonds is 11. The molecule has 9 nitrogen and oxygen atoms in total. The summed E-state index contributed by atoms with van der Waals surface area (Å²) >= 11 is 5.85. The predicted octanol–water partition coefficient (Wildman–Crippen LogP) is 4.25. The first-order chi connectivity index (χ1) is 20.5. The highest BCUT2D eigenvalue weighted by atomic mass is 32.1. The van der Waals surface area contributed by atoms with Gasteiger partial charge in [-0.2, -0.15) is 0 Å². The lowest BCUT2D eigenvalue weighted by atomic mass is 10.1. The van der Waals surface area contributed by atoms with E-state index in [1.807, 2.05) is 29.2 Å². The van der Waals surface area contributed by atoms with Gasteiger partial charge in [0.15, 0.2) is 5.11 Å². The molecule has 5 rings (SSSR count). The van der Waals surface area contributed by atoms with Crippen LogP contribution in [-0.4, -0.2) is 86.3 Å². The molecule has 2 saturated heterocycles. The van der Waals surface area contributed by atoms with Crippen LogP contribution in [0, 0.1) is 0 Å². The minimum atomic E-state index is -0.697. The van der Waals surface area contributed by atoms with Gasteiger partial charge in [0.1, 0.15) is 17.5 Å². The Labute approximate surface area is 252 Å². The maximum Gasteiger partial charge on any atom is 0.256 e. The lowest BCUT2D eigenvalue weighted by molar-refractivity contribution is -0.124. The Hall–Kier alpha value is -4.15. The van der Waals surface area contributed by atoms with Crippen LogP contribution >= 0.6 is 12.2 Å². The lowest BCUT2D eigenvalue weighted by Crippen LogP contribution is -2.47. The molecule has 3 aromatic carbocycles. The summed E-state index contributed by atoms with van der Waals surface area (Å²) < 4.78 is 10.6. The first-order valence-electron chi connectivity index (χ1n) is 14.2. The van der Waals surface area contributed by atoms with Crippen molar-refractivity contribution < 1.29 is 19.1 Å². The van der Waals surface area contributed by atoms with Gasteiger partial charge in [-0.25, -0.2) is 0 Å². The molecule has 0 aromatic heterocycles. The molecule has 2 fully saturated rings. The van der Waals surface area contributed by atoms with Gasteiger partial charge in [-0.15, -0.1) is 0 Å². The van der Waals surface area contributed by atoms with Gasteiger partial charge < -0.3 is 24.6 Å². The van der Waals surface area contributed by atoms with E-state index >= 15 is 0 Å². The molecule has 3 aromatic rings. The molecule has 220 valence electrons. The van der Waals surface area contributed by atoms with Gasteiger partial charge >= 0.3 is 0 Å². The lowest BCUT2D eigenvalue weighted by Gasteiger charge is -2.36. The van der Waals surface area contributed by atoms with Crippen molar-refractivity contribution in [3.05, 3.63) is 78.9 Å². The summed E-state index contributed by atoms with van der Waals surface area (Å²) in [5, 5.41) is 3.31. The Balaban J connectivity index is 1.24. The number of benzene rings is 3. The van der Waals surface area contributed by atoms with Crippen LogP contribution in [0.2, 0.25) is 0 Å². The third-order valence-corrected chi connectivity index (χ3v) is 8.17. The first kappa shape index (κ1) is 29.3. The van der Waals surface area contributed by atoms with Crippen molar-refractivity contribution in [2.24, 2.45) is 0 Å². The van der Waals surface area contributed by atoms with Gasteiger partial charge in [0.05, 0.1) is 26.3 Å². The van der Waals surface area contributed by atoms with E-state index in [1.165, 1.54) is 10.6 Å². The van der Waals surface area contributed by atoms with Crippen molar-refractivity contribution in [2.75, 3.05) is 68.6 Å². The molecular weight excluding hydrogens is 550 g/mol. The summed E-state index contributed by atoms with van der Waals surface area (Å²) in [5.74, 6) is 0.862. The zero-order valence-corrected chi connectivity index (χ0v) is 24.9. The van der Waals surface area contributed by atoms with Crippen molar-refractivity contribution in [1.82, 2.24) is 9.80 Å². The van der Waals surface area contributed by atoms with E-state index < -0.39 is 6.04 Å². The number of anilines is 3. The largest absolute Gasteiger partial charge is 0.497 e. The number of amides is 2. The molecule has 0 aliphatic carbocycles. The fourth-order valence-corrected chi connectivity index (χ4v) is 5.88. The Morgan fingerprint density at radius 3 is 2.24 bits per heavy atom. The number of nitrogens with zero attached hydrogens (tertiary/aromatic N) is 4. The van der Waals surface area contributed by atoms with Crippen LogP contribution in [0.1, 0.15) is 12.8 Å². The topological polar surface area (TPSA) is 77.6 Å². The van der Waals surface area contributed by atoms with Crippen LogP contribution in [0.15, 0.2) is 78.9 Å². The molecule has 2 heterocycles. The summed E-state index contributed by atoms with van der Waals surface area (Å²) in [7, 11) is 3.18. The summed E-state index contributed by atoms with van der Waals surface area (Å²) in [4.78, 5) is 35.2. The summed E-state index contributed by atoms with van der Waals surface area (Å²) in [6.07, 6.45) is 0.808. The van der Waals surface area contributed by atoms with Crippen LogP contribution in [-0.2, 0) is 9.59 Å². The van der Waals surface area contributed by atoms with Crippen LogP contribution in [0.25, 0.3) is 0 Å². The van der Waals surface area contributed by atoms with Crippen molar-refractivity contribution in [1.29, 1.82) is 0 Å². The predicted molar refractivity (Wildman–Crippen MR) is 170 cm³/mol. The van der Waals surface area contributed by atoms with Crippen LogP contribution < -0.4 is 24.6 Å². The summed E-state index contributed by atoms with van der Waals surface area (Å²) in [6, 6.07) is 24.2. The van der Waals surface area contributed by atoms with Crippen molar-refractivity contribution in [3.8, 4) is 11.5 Å². The second-order valence-electron chi connectivity index (χ2n) is 10.4. The first-order valence-corrected chi connectivity index (χ1v) is 14.6. The fraction of sp³-hybridized carbons (Fsp3) is 0.344. The maximum absolute atomic E-state index is 13.8. The highest BCUT2D eigenvalue weighted by Gasteiger charge is 2.44. The van der Waals surface area contributed by atoms with Gasteiger partial charge in [-0.05, 0) is 73.7 Å². The maximum atomic E-state index is 13.8. The number of nitrogens with one attached hydrogen (secondary N) is 1. The number of piperazine rings is 1. The number of carbonyl (C=O) groups is 2. The highest BCUT2D eigenvalue weighted by molar-refractivity contribution is 7.80. The molecule has 0 spiro atoms. The summed E-state index contributed by atoms with van der Waals surface area (Å²) in [5.41, 5.74) is 2.52. The third kappa shape index (κ3) is 6.83. The highest BCUT2D eigenvalue weighted by Crippen LogP contribution is 2.30. The van der Waals surface area contributed by atoms with E-state index in [9.17, 15) is 9.59 Å². The molecule has 42 heavy (non-hydrogen) atoms. The van der Waals surface area contributed by atoms with Gasteiger partial charge in [-0.3, -0.25) is 19.4 Å². The molecule has 0 unspecified atom stereocenters. The number of carbonyl (C=O) groups excluding carboxylic acids is 2. The summed E-state index contributed by atoms with van der Waals surface area (Å²) in [6.45, 7) is 5.36. The van der Waals surface area contributed by atoms with Gasteiger partial charge in [0.2, 0.25) is 5.91 Å². The van der Waals surface area contributed by atoms with E-state index in [1.54, 1.807) is 44.6 Å². The van der Waals surface area contributed by atoms with E-state index in [2.05, 4.69) is 39.4 Å². The minimum Gasteiger partial charge on any atom is -0.497 e. The molecule has 1 atom stereocenters. The molecule has 2 aliphatic heterocycles. The second-order valence-corrected chi connectivity index (χ2v) is 10.7. The molecule has 2 amide bonds. The van der Waals surface area contributed by atoms with E-state index in [0.717, 1.165) is 39.1 Å². The minimum absolute atomic E-state index is 0.0127. The fourth-order valence-electron chi connectivity index (χ4n) is 5.47. The quantitative estimate of drug-likeness (QED) is 0.334. The SMILES string of the molecule is COc1ccc(NC(=O)C[C@H]2C(=O)N(c3cccc(OC)c3)C(=S)N2CCCN2CCN(c3ccccc3)CC2)cc1. The number of hydrogen-bond donors (Lipinski definition) is 1. The van der Waals surface area contributed by atoms with E-state index in [4.69, 9.17) is 21.7 Å². The number of ether oxygens (including phenoxy) is 2. The molecule has 10 heteroatoms. The van der Waals surface area contributed by atoms with Crippen molar-refractivity contribution in [2.45, 2.75) is 18.9 Å². The van der Waals surface area contributed by atoms with Crippen molar-refractivity contribution >= 4 is 46.2 Å². The second kappa shape index (κ2) is 13.7. The molecule has 0 bridgehead atoms. The van der Waals surface area contributed by atoms with Crippen LogP contribution in [0.5, 0.6) is 11.5 Å². The Morgan fingerprint density at radius 1 is 0.857 bits per heavy atom. The number of hydrogen-bond acceptors (Lipinski definition) is 7. The van der Waals surface area contributed by atoms with Crippen LogP contribution in [0.3, 0.4) is 0 Å². The van der Waals surface area contributed by atoms with E-state index in [0.29, 0.717) is 34.5 Å².